The van der Waals surface area contributed by atoms with Crippen molar-refractivity contribution in [1.29, 1.82) is 0 Å². The van der Waals surface area contributed by atoms with Crippen LogP contribution in [0.2, 0.25) is 0 Å². The van der Waals surface area contributed by atoms with E-state index < -0.39 is 0 Å². The molecule has 1 amide bonds. The van der Waals surface area contributed by atoms with Crippen LogP contribution in [0.15, 0.2) is 6.33 Å². The van der Waals surface area contributed by atoms with Crippen molar-refractivity contribution in [2.45, 2.75) is 12.6 Å². The van der Waals surface area contributed by atoms with Gasteiger partial charge in [0.25, 0.3) is 0 Å². The van der Waals surface area contributed by atoms with Gasteiger partial charge in [-0.3, -0.25) is 4.79 Å². The summed E-state index contributed by atoms with van der Waals surface area (Å²) < 4.78 is 1.35. The average Bonchev–Trinajstić information content (AvgIpc) is 2.51. The number of hydrogen-bond acceptors (Lipinski definition) is 5. The highest BCUT2D eigenvalue weighted by atomic mass is 16.3. The van der Waals surface area contributed by atoms with Gasteiger partial charge in [0.1, 0.15) is 12.9 Å². The molecule has 1 aliphatic heterocycles. The number of aliphatic hydroxyl groups excluding tert-OH is 1. The van der Waals surface area contributed by atoms with E-state index >= 15 is 0 Å². The first kappa shape index (κ1) is 8.11. The number of aliphatic hydroxyl groups is 1. The summed E-state index contributed by atoms with van der Waals surface area (Å²) in [6.07, 6.45) is 1.02. The summed E-state index contributed by atoms with van der Waals surface area (Å²) in [4.78, 5) is 12.9. The molecule has 1 N–H and O–H groups in total. The fourth-order valence-corrected chi connectivity index (χ4v) is 1.15. The molecule has 7 nitrogen and oxygen atoms in total. The summed E-state index contributed by atoms with van der Waals surface area (Å²) in [7, 11) is 0. The van der Waals surface area contributed by atoms with Crippen molar-refractivity contribution in [2.75, 3.05) is 13.1 Å². The van der Waals surface area contributed by atoms with Crippen molar-refractivity contribution in [3.05, 3.63) is 6.33 Å². The van der Waals surface area contributed by atoms with Crippen LogP contribution in [0, 0.1) is 0 Å². The first-order valence-electron chi connectivity index (χ1n) is 3.92. The smallest absolute Gasteiger partial charge is 0.244 e. The third kappa shape index (κ3) is 1.64. The molecule has 1 fully saturated rings. The standard InChI is InChI=1S/C6H9N5O2/c12-5-1-10(2-5)6(13)3-11-4-7-8-9-11/h4-5,12H,1-3H2. The monoisotopic (exact) mass is 183 g/mol. The molecule has 1 aromatic rings. The van der Waals surface area contributed by atoms with E-state index in [0.717, 1.165) is 0 Å². The van der Waals surface area contributed by atoms with E-state index in [-0.39, 0.29) is 18.6 Å². The Kier molecular flexibility index (Phi) is 1.93. The number of rotatable bonds is 2. The normalized spacial score (nSPS) is 17.2. The zero-order valence-electron chi connectivity index (χ0n) is 6.87. The molecule has 2 rings (SSSR count). The predicted octanol–water partition coefficient (Wildman–Crippen LogP) is -2.12. The number of carbonyl (C=O) groups excluding carboxylic acids is 1. The highest BCUT2D eigenvalue weighted by Gasteiger charge is 2.28. The molecule has 0 atom stereocenters. The molecular weight excluding hydrogens is 174 g/mol. The van der Waals surface area contributed by atoms with Gasteiger partial charge in [-0.05, 0) is 10.4 Å². The van der Waals surface area contributed by atoms with Gasteiger partial charge < -0.3 is 10.0 Å². The number of β-amino-alcohol motifs (C(OH)–C–C–N with tert-alkyl or cyclic N) is 1. The quantitative estimate of drug-likeness (QED) is 0.566. The first-order chi connectivity index (χ1) is 6.25. The molecule has 0 saturated carbocycles. The molecule has 1 saturated heterocycles. The SMILES string of the molecule is O=C(Cn1cnnn1)N1CC(O)C1. The summed E-state index contributed by atoms with van der Waals surface area (Å²) in [5.41, 5.74) is 0. The maximum atomic E-state index is 11.3. The van der Waals surface area contributed by atoms with Crippen molar-refractivity contribution in [1.82, 2.24) is 25.1 Å². The van der Waals surface area contributed by atoms with Crippen LogP contribution >= 0.6 is 0 Å². The van der Waals surface area contributed by atoms with Crippen LogP contribution in [0.1, 0.15) is 0 Å². The largest absolute Gasteiger partial charge is 0.389 e. The molecule has 0 bridgehead atoms. The van der Waals surface area contributed by atoms with Crippen molar-refractivity contribution in [3.63, 3.8) is 0 Å². The molecule has 0 radical (unpaired) electrons. The Morgan fingerprint density at radius 3 is 2.92 bits per heavy atom. The highest BCUT2D eigenvalue weighted by molar-refractivity contribution is 5.76. The van der Waals surface area contributed by atoms with Crippen molar-refractivity contribution in [3.8, 4) is 0 Å². The summed E-state index contributed by atoms with van der Waals surface area (Å²) in [5.74, 6) is -0.0717. The molecule has 0 aromatic carbocycles. The van der Waals surface area contributed by atoms with Gasteiger partial charge in [0.2, 0.25) is 5.91 Å². The van der Waals surface area contributed by atoms with E-state index in [9.17, 15) is 4.79 Å². The van der Waals surface area contributed by atoms with Gasteiger partial charge in [-0.15, -0.1) is 5.10 Å². The van der Waals surface area contributed by atoms with Crippen LogP contribution in [0.25, 0.3) is 0 Å². The Bertz CT molecular complexity index is 292. The lowest BCUT2D eigenvalue weighted by atomic mass is 10.2. The number of tetrazole rings is 1. The summed E-state index contributed by atoms with van der Waals surface area (Å²) in [6, 6.07) is 0. The van der Waals surface area contributed by atoms with Gasteiger partial charge in [-0.25, -0.2) is 4.68 Å². The van der Waals surface area contributed by atoms with Crippen molar-refractivity contribution >= 4 is 5.91 Å². The lowest BCUT2D eigenvalue weighted by Crippen LogP contribution is -2.54. The van der Waals surface area contributed by atoms with Crippen LogP contribution in [-0.4, -0.2) is 55.3 Å². The topological polar surface area (TPSA) is 84.1 Å². The van der Waals surface area contributed by atoms with Crippen molar-refractivity contribution < 1.29 is 9.90 Å². The highest BCUT2D eigenvalue weighted by Crippen LogP contribution is 2.07. The molecule has 7 heteroatoms. The number of aromatic nitrogens is 4. The minimum Gasteiger partial charge on any atom is -0.389 e. The van der Waals surface area contributed by atoms with Crippen LogP contribution < -0.4 is 0 Å². The molecule has 70 valence electrons. The Morgan fingerprint density at radius 2 is 2.38 bits per heavy atom. The van der Waals surface area contributed by atoms with Crippen LogP contribution in [0.3, 0.4) is 0 Å². The van der Waals surface area contributed by atoms with Gasteiger partial charge >= 0.3 is 0 Å². The van der Waals surface area contributed by atoms with E-state index in [4.69, 9.17) is 5.11 Å². The lowest BCUT2D eigenvalue weighted by molar-refractivity contribution is -0.142. The third-order valence-electron chi connectivity index (χ3n) is 1.90. The van der Waals surface area contributed by atoms with Gasteiger partial charge in [0, 0.05) is 13.1 Å². The summed E-state index contributed by atoms with van der Waals surface area (Å²) in [5, 5.41) is 19.3. The van der Waals surface area contributed by atoms with Gasteiger partial charge in [-0.1, -0.05) is 0 Å². The average molecular weight is 183 g/mol. The molecule has 1 aromatic heterocycles. The first-order valence-corrected chi connectivity index (χ1v) is 3.92. The van der Waals surface area contributed by atoms with Gasteiger partial charge in [0.05, 0.1) is 6.10 Å². The van der Waals surface area contributed by atoms with Crippen LogP contribution in [0.4, 0.5) is 0 Å². The van der Waals surface area contributed by atoms with E-state index in [1.807, 2.05) is 0 Å². The second-order valence-corrected chi connectivity index (χ2v) is 2.96. The number of nitrogens with zero attached hydrogens (tertiary/aromatic N) is 5. The third-order valence-corrected chi connectivity index (χ3v) is 1.90. The Labute approximate surface area is 73.9 Å². The molecule has 1 aliphatic rings. The maximum Gasteiger partial charge on any atom is 0.244 e. The summed E-state index contributed by atoms with van der Waals surface area (Å²) in [6.45, 7) is 0.974. The number of amides is 1. The fraction of sp³-hybridized carbons (Fsp3) is 0.667. The molecular formula is C6H9N5O2. The molecule has 0 unspecified atom stereocenters. The second kappa shape index (κ2) is 3.09. The summed E-state index contributed by atoms with van der Waals surface area (Å²) >= 11 is 0. The number of likely N-dealkylation sites (tertiary alicyclic amines) is 1. The minimum absolute atomic E-state index is 0.0717. The second-order valence-electron chi connectivity index (χ2n) is 2.96. The zero-order chi connectivity index (χ0) is 9.26. The Balaban J connectivity index is 1.86. The van der Waals surface area contributed by atoms with E-state index in [0.29, 0.717) is 13.1 Å². The van der Waals surface area contributed by atoms with E-state index in [1.165, 1.54) is 11.0 Å². The predicted molar refractivity (Wildman–Crippen MR) is 40.4 cm³/mol. The Morgan fingerprint density at radius 1 is 1.62 bits per heavy atom. The number of hydrogen-bond donors (Lipinski definition) is 1. The Hall–Kier alpha value is -1.50. The molecule has 0 aliphatic carbocycles. The van der Waals surface area contributed by atoms with Gasteiger partial charge in [-0.2, -0.15) is 0 Å². The van der Waals surface area contributed by atoms with Crippen LogP contribution in [0.5, 0.6) is 0 Å². The van der Waals surface area contributed by atoms with Crippen LogP contribution in [-0.2, 0) is 11.3 Å². The van der Waals surface area contributed by atoms with Gasteiger partial charge in [0.15, 0.2) is 0 Å². The molecule has 2 heterocycles. The fourth-order valence-electron chi connectivity index (χ4n) is 1.15. The van der Waals surface area contributed by atoms with E-state index in [1.54, 1.807) is 4.90 Å². The lowest BCUT2D eigenvalue weighted by Gasteiger charge is -2.35. The molecule has 13 heavy (non-hydrogen) atoms. The maximum absolute atomic E-state index is 11.3. The minimum atomic E-state index is -0.363. The van der Waals surface area contributed by atoms with E-state index in [2.05, 4.69) is 15.5 Å². The zero-order valence-corrected chi connectivity index (χ0v) is 6.87. The molecule has 0 spiro atoms. The van der Waals surface area contributed by atoms with Crippen molar-refractivity contribution in [2.24, 2.45) is 0 Å². The number of carbonyl (C=O) groups is 1.